The van der Waals surface area contributed by atoms with Gasteiger partial charge in [0, 0.05) is 12.7 Å². The fourth-order valence-electron chi connectivity index (χ4n) is 1.49. The molecule has 4 heteroatoms. The van der Waals surface area contributed by atoms with Crippen molar-refractivity contribution in [3.05, 3.63) is 57.8 Å². The first-order chi connectivity index (χ1) is 7.70. The van der Waals surface area contributed by atoms with Crippen LogP contribution in [0.25, 0.3) is 0 Å². The summed E-state index contributed by atoms with van der Waals surface area (Å²) in [4.78, 5) is 0. The van der Waals surface area contributed by atoms with Crippen molar-refractivity contribution in [2.24, 2.45) is 0 Å². The lowest BCUT2D eigenvalue weighted by Gasteiger charge is -2.06. The maximum Gasteiger partial charge on any atom is 0.120 e. The second kappa shape index (κ2) is 4.61. The summed E-state index contributed by atoms with van der Waals surface area (Å²) in [7, 11) is 0. The molecular formula is C12H8Cl2N2. The Hall–Kier alpha value is -1.43. The molecule has 16 heavy (non-hydrogen) atoms. The highest BCUT2D eigenvalue weighted by molar-refractivity contribution is 6.42. The molecule has 0 saturated carbocycles. The molecule has 1 aromatic heterocycles. The average molecular weight is 251 g/mol. The van der Waals surface area contributed by atoms with Crippen LogP contribution in [0.3, 0.4) is 0 Å². The van der Waals surface area contributed by atoms with Crippen LogP contribution in [0.2, 0.25) is 10.0 Å². The van der Waals surface area contributed by atoms with Crippen LogP contribution in [-0.2, 0) is 6.54 Å². The van der Waals surface area contributed by atoms with Crippen LogP contribution in [0.4, 0.5) is 0 Å². The van der Waals surface area contributed by atoms with Crippen LogP contribution in [0.5, 0.6) is 0 Å². The van der Waals surface area contributed by atoms with Gasteiger partial charge in [0.2, 0.25) is 0 Å². The fourth-order valence-corrected chi connectivity index (χ4v) is 1.81. The zero-order valence-electron chi connectivity index (χ0n) is 8.32. The summed E-state index contributed by atoms with van der Waals surface area (Å²) in [5, 5.41) is 9.94. The zero-order valence-corrected chi connectivity index (χ0v) is 9.83. The maximum absolute atomic E-state index is 8.87. The molecule has 0 fully saturated rings. The molecule has 1 heterocycles. The molecule has 0 saturated heterocycles. The summed E-state index contributed by atoms with van der Waals surface area (Å²) in [6, 6.07) is 11.2. The molecule has 0 radical (unpaired) electrons. The highest BCUT2D eigenvalue weighted by Gasteiger charge is 2.03. The summed E-state index contributed by atoms with van der Waals surface area (Å²) >= 11 is 11.8. The third-order valence-corrected chi connectivity index (χ3v) is 3.02. The molecule has 0 aliphatic rings. The van der Waals surface area contributed by atoms with Crippen LogP contribution in [-0.4, -0.2) is 4.57 Å². The molecular weight excluding hydrogens is 243 g/mol. The minimum Gasteiger partial charge on any atom is -0.335 e. The van der Waals surface area contributed by atoms with Gasteiger partial charge in [0.25, 0.3) is 0 Å². The second-order valence-corrected chi connectivity index (χ2v) is 4.20. The van der Waals surface area contributed by atoms with Gasteiger partial charge in [-0.05, 0) is 29.8 Å². The van der Waals surface area contributed by atoms with E-state index >= 15 is 0 Å². The standard InChI is InChI=1S/C12H8Cl2N2/c13-11-4-3-9(6-12(11)14)8-16-5-1-2-10(16)7-15/h1-6H,8H2. The number of nitrogens with zero attached hydrogens (tertiary/aromatic N) is 2. The first kappa shape index (κ1) is 11.1. The molecule has 80 valence electrons. The smallest absolute Gasteiger partial charge is 0.120 e. The van der Waals surface area contributed by atoms with Crippen molar-refractivity contribution in [1.82, 2.24) is 4.57 Å². The number of benzene rings is 1. The van der Waals surface area contributed by atoms with Gasteiger partial charge in [0.05, 0.1) is 10.0 Å². The molecule has 0 bridgehead atoms. The van der Waals surface area contributed by atoms with Crippen LogP contribution >= 0.6 is 23.2 Å². The van der Waals surface area contributed by atoms with Gasteiger partial charge in [-0.25, -0.2) is 0 Å². The van der Waals surface area contributed by atoms with Crippen LogP contribution in [0.1, 0.15) is 11.3 Å². The van der Waals surface area contributed by atoms with Crippen molar-refractivity contribution >= 4 is 23.2 Å². The van der Waals surface area contributed by atoms with Crippen LogP contribution in [0.15, 0.2) is 36.5 Å². The Labute approximate surface area is 104 Å². The van der Waals surface area contributed by atoms with E-state index in [-0.39, 0.29) is 0 Å². The fraction of sp³-hybridized carbons (Fsp3) is 0.0833. The third-order valence-electron chi connectivity index (χ3n) is 2.28. The minimum absolute atomic E-state index is 0.532. The van der Waals surface area contributed by atoms with Crippen molar-refractivity contribution in [3.8, 4) is 6.07 Å². The Morgan fingerprint density at radius 1 is 1.19 bits per heavy atom. The number of rotatable bonds is 2. The number of aromatic nitrogens is 1. The summed E-state index contributed by atoms with van der Waals surface area (Å²) in [5.41, 5.74) is 1.65. The molecule has 0 unspecified atom stereocenters. The van der Waals surface area contributed by atoms with Crippen molar-refractivity contribution in [2.45, 2.75) is 6.54 Å². The van der Waals surface area contributed by atoms with Gasteiger partial charge in [0.1, 0.15) is 11.8 Å². The topological polar surface area (TPSA) is 28.7 Å². The van der Waals surface area contributed by atoms with Crippen molar-refractivity contribution in [2.75, 3.05) is 0 Å². The lowest BCUT2D eigenvalue weighted by Crippen LogP contribution is -2.00. The van der Waals surface area contributed by atoms with E-state index in [1.807, 2.05) is 29.0 Å². The molecule has 0 spiro atoms. The van der Waals surface area contributed by atoms with Crippen LogP contribution < -0.4 is 0 Å². The lowest BCUT2D eigenvalue weighted by atomic mass is 10.2. The average Bonchev–Trinajstić information content (AvgIpc) is 2.71. The quantitative estimate of drug-likeness (QED) is 0.799. The molecule has 0 aliphatic heterocycles. The van der Waals surface area contributed by atoms with Gasteiger partial charge in [-0.3, -0.25) is 0 Å². The summed E-state index contributed by atoms with van der Waals surface area (Å²) < 4.78 is 1.86. The van der Waals surface area contributed by atoms with Gasteiger partial charge in [-0.2, -0.15) is 5.26 Å². The Kier molecular flexibility index (Phi) is 3.19. The predicted octanol–water partition coefficient (Wildman–Crippen LogP) is 3.71. The predicted molar refractivity (Wildman–Crippen MR) is 64.7 cm³/mol. The summed E-state index contributed by atoms with van der Waals surface area (Å²) in [6.45, 7) is 0.618. The van der Waals surface area contributed by atoms with E-state index in [0.29, 0.717) is 22.3 Å². The highest BCUT2D eigenvalue weighted by atomic mass is 35.5. The molecule has 2 aromatic rings. The second-order valence-electron chi connectivity index (χ2n) is 3.38. The zero-order chi connectivity index (χ0) is 11.5. The number of hydrogen-bond acceptors (Lipinski definition) is 1. The van der Waals surface area contributed by atoms with E-state index in [4.69, 9.17) is 28.5 Å². The van der Waals surface area contributed by atoms with E-state index in [0.717, 1.165) is 5.56 Å². The first-order valence-corrected chi connectivity index (χ1v) is 5.45. The molecule has 0 N–H and O–H groups in total. The lowest BCUT2D eigenvalue weighted by molar-refractivity contribution is 0.793. The Balaban J connectivity index is 2.28. The number of hydrogen-bond donors (Lipinski definition) is 0. The maximum atomic E-state index is 8.87. The van der Waals surface area contributed by atoms with Gasteiger partial charge < -0.3 is 4.57 Å². The van der Waals surface area contributed by atoms with Crippen LogP contribution in [0, 0.1) is 11.3 Å². The van der Waals surface area contributed by atoms with E-state index in [1.54, 1.807) is 12.1 Å². The van der Waals surface area contributed by atoms with E-state index in [1.165, 1.54) is 0 Å². The summed E-state index contributed by atoms with van der Waals surface area (Å²) in [6.07, 6.45) is 1.86. The first-order valence-electron chi connectivity index (χ1n) is 4.70. The Morgan fingerprint density at radius 2 is 2.00 bits per heavy atom. The largest absolute Gasteiger partial charge is 0.335 e. The van der Waals surface area contributed by atoms with Crippen molar-refractivity contribution in [3.63, 3.8) is 0 Å². The van der Waals surface area contributed by atoms with Crippen molar-refractivity contribution in [1.29, 1.82) is 5.26 Å². The Morgan fingerprint density at radius 3 is 2.69 bits per heavy atom. The normalized spacial score (nSPS) is 10.1. The van der Waals surface area contributed by atoms with Gasteiger partial charge in [0.15, 0.2) is 0 Å². The van der Waals surface area contributed by atoms with Crippen molar-refractivity contribution < 1.29 is 0 Å². The van der Waals surface area contributed by atoms with Gasteiger partial charge >= 0.3 is 0 Å². The van der Waals surface area contributed by atoms with E-state index < -0.39 is 0 Å². The highest BCUT2D eigenvalue weighted by Crippen LogP contribution is 2.23. The monoisotopic (exact) mass is 250 g/mol. The van der Waals surface area contributed by atoms with Gasteiger partial charge in [-0.15, -0.1) is 0 Å². The van der Waals surface area contributed by atoms with Gasteiger partial charge in [-0.1, -0.05) is 29.3 Å². The molecule has 2 nitrogen and oxygen atoms in total. The molecule has 0 aliphatic carbocycles. The van der Waals surface area contributed by atoms with E-state index in [2.05, 4.69) is 6.07 Å². The molecule has 0 atom stereocenters. The number of nitriles is 1. The molecule has 0 amide bonds. The summed E-state index contributed by atoms with van der Waals surface area (Å²) in [5.74, 6) is 0. The SMILES string of the molecule is N#Cc1cccn1Cc1ccc(Cl)c(Cl)c1. The Bertz CT molecular complexity index is 552. The molecule has 1 aromatic carbocycles. The number of halogens is 2. The minimum atomic E-state index is 0.532. The third kappa shape index (κ3) is 2.21. The molecule has 2 rings (SSSR count). The van der Waals surface area contributed by atoms with E-state index in [9.17, 15) is 0 Å².